The molecular weight excluding hydrogens is 252 g/mol. The zero-order chi connectivity index (χ0) is 12.4. The third-order valence-electron chi connectivity index (χ3n) is 2.81. The summed E-state index contributed by atoms with van der Waals surface area (Å²) in [4.78, 5) is 7.34. The Morgan fingerprint density at radius 3 is 2.83 bits per heavy atom. The molecule has 0 aliphatic carbocycles. The Bertz CT molecular complexity index is 554. The molecule has 1 aromatic heterocycles. The van der Waals surface area contributed by atoms with Gasteiger partial charge in [0.05, 0.1) is 31.0 Å². The van der Waals surface area contributed by atoms with Crippen LogP contribution in [0, 0.1) is 0 Å². The number of alkyl halides is 1. The Labute approximate surface area is 110 Å². The zero-order valence-electron chi connectivity index (χ0n) is 9.78. The molecule has 0 bridgehead atoms. The molecule has 2 aromatic rings. The molecule has 0 atom stereocenters. The molecule has 5 heteroatoms. The van der Waals surface area contributed by atoms with Crippen molar-refractivity contribution < 1.29 is 9.47 Å². The number of hydrogen-bond acceptors (Lipinski definition) is 3. The minimum Gasteiger partial charge on any atom is -0.490 e. The molecular formula is C13H13ClN2O2. The lowest BCUT2D eigenvalue weighted by atomic mass is 10.1. The van der Waals surface area contributed by atoms with E-state index in [0.29, 0.717) is 19.1 Å². The van der Waals surface area contributed by atoms with Crippen molar-refractivity contribution in [3.05, 3.63) is 30.2 Å². The summed E-state index contributed by atoms with van der Waals surface area (Å²) >= 11 is 5.73. The van der Waals surface area contributed by atoms with Crippen LogP contribution in [0.25, 0.3) is 11.3 Å². The van der Waals surface area contributed by atoms with Crippen LogP contribution < -0.4 is 9.47 Å². The average molecular weight is 265 g/mol. The average Bonchev–Trinajstić information content (AvgIpc) is 2.76. The van der Waals surface area contributed by atoms with Crippen molar-refractivity contribution in [2.75, 3.05) is 13.2 Å². The fourth-order valence-corrected chi connectivity index (χ4v) is 2.04. The van der Waals surface area contributed by atoms with Gasteiger partial charge in [0.2, 0.25) is 0 Å². The third-order valence-corrected chi connectivity index (χ3v) is 3.07. The molecule has 1 N–H and O–H groups in total. The van der Waals surface area contributed by atoms with Gasteiger partial charge in [0.15, 0.2) is 11.5 Å². The van der Waals surface area contributed by atoms with Crippen LogP contribution in [-0.4, -0.2) is 23.2 Å². The molecule has 2 heterocycles. The molecule has 4 nitrogen and oxygen atoms in total. The van der Waals surface area contributed by atoms with Crippen molar-refractivity contribution in [3.63, 3.8) is 0 Å². The van der Waals surface area contributed by atoms with Crippen molar-refractivity contribution in [1.29, 1.82) is 0 Å². The lowest BCUT2D eigenvalue weighted by Crippen LogP contribution is -1.97. The smallest absolute Gasteiger partial charge is 0.161 e. The van der Waals surface area contributed by atoms with Gasteiger partial charge in [-0.2, -0.15) is 0 Å². The largest absolute Gasteiger partial charge is 0.490 e. The molecule has 0 saturated heterocycles. The zero-order valence-corrected chi connectivity index (χ0v) is 10.5. The maximum Gasteiger partial charge on any atom is 0.161 e. The third kappa shape index (κ3) is 2.16. The molecule has 94 valence electrons. The molecule has 0 spiro atoms. The van der Waals surface area contributed by atoms with Crippen LogP contribution in [0.3, 0.4) is 0 Å². The Morgan fingerprint density at radius 2 is 2.06 bits per heavy atom. The van der Waals surface area contributed by atoms with E-state index in [-0.39, 0.29) is 0 Å². The molecule has 18 heavy (non-hydrogen) atoms. The monoisotopic (exact) mass is 264 g/mol. The van der Waals surface area contributed by atoms with Gasteiger partial charge in [0.1, 0.15) is 5.82 Å². The van der Waals surface area contributed by atoms with E-state index in [1.165, 1.54) is 0 Å². The number of benzene rings is 1. The molecule has 1 aliphatic rings. The fourth-order valence-electron chi connectivity index (χ4n) is 1.91. The summed E-state index contributed by atoms with van der Waals surface area (Å²) < 4.78 is 11.3. The molecule has 0 saturated carbocycles. The summed E-state index contributed by atoms with van der Waals surface area (Å²) in [6.07, 6.45) is 2.68. The molecule has 1 aromatic carbocycles. The SMILES string of the molecule is ClCc1ncc(-c2ccc3c(c2)OCCCO3)[nH]1. The maximum atomic E-state index is 5.73. The number of aromatic amines is 1. The van der Waals surface area contributed by atoms with E-state index in [4.69, 9.17) is 21.1 Å². The highest BCUT2D eigenvalue weighted by molar-refractivity contribution is 6.16. The van der Waals surface area contributed by atoms with Gasteiger partial charge in [-0.1, -0.05) is 0 Å². The highest BCUT2D eigenvalue weighted by atomic mass is 35.5. The topological polar surface area (TPSA) is 47.1 Å². The number of H-pyrrole nitrogens is 1. The summed E-state index contributed by atoms with van der Waals surface area (Å²) in [5, 5.41) is 0. The summed E-state index contributed by atoms with van der Waals surface area (Å²) in [5.41, 5.74) is 1.95. The van der Waals surface area contributed by atoms with Gasteiger partial charge in [-0.05, 0) is 18.2 Å². The van der Waals surface area contributed by atoms with E-state index in [2.05, 4.69) is 9.97 Å². The highest BCUT2D eigenvalue weighted by Gasteiger charge is 2.12. The van der Waals surface area contributed by atoms with Crippen molar-refractivity contribution in [2.24, 2.45) is 0 Å². The van der Waals surface area contributed by atoms with Crippen LogP contribution in [-0.2, 0) is 5.88 Å². The first kappa shape index (κ1) is 11.4. The summed E-state index contributed by atoms with van der Waals surface area (Å²) in [6.45, 7) is 1.39. The van der Waals surface area contributed by atoms with E-state index in [0.717, 1.165) is 35.0 Å². The second-order valence-corrected chi connectivity index (χ2v) is 4.36. The molecule has 3 rings (SSSR count). The van der Waals surface area contributed by atoms with Crippen molar-refractivity contribution in [3.8, 4) is 22.8 Å². The molecule has 1 aliphatic heterocycles. The number of nitrogens with zero attached hydrogens (tertiary/aromatic N) is 1. The maximum absolute atomic E-state index is 5.73. The van der Waals surface area contributed by atoms with Crippen molar-refractivity contribution >= 4 is 11.6 Å². The number of fused-ring (bicyclic) bond motifs is 1. The van der Waals surface area contributed by atoms with Crippen molar-refractivity contribution in [1.82, 2.24) is 9.97 Å². The lowest BCUT2D eigenvalue weighted by Gasteiger charge is -2.08. The number of halogens is 1. The predicted molar refractivity (Wildman–Crippen MR) is 69.2 cm³/mol. The summed E-state index contributed by atoms with van der Waals surface area (Å²) in [7, 11) is 0. The molecule has 0 radical (unpaired) electrons. The van der Waals surface area contributed by atoms with Gasteiger partial charge in [-0.15, -0.1) is 11.6 Å². The van der Waals surface area contributed by atoms with Crippen LogP contribution in [0.2, 0.25) is 0 Å². The van der Waals surface area contributed by atoms with E-state index < -0.39 is 0 Å². The first-order valence-electron chi connectivity index (χ1n) is 5.86. The number of rotatable bonds is 2. The Morgan fingerprint density at radius 1 is 1.22 bits per heavy atom. The van der Waals surface area contributed by atoms with Gasteiger partial charge in [-0.3, -0.25) is 0 Å². The second kappa shape index (κ2) is 4.90. The minimum absolute atomic E-state index is 0.380. The molecule has 0 fully saturated rings. The number of imidazole rings is 1. The van der Waals surface area contributed by atoms with Crippen LogP contribution in [0.5, 0.6) is 11.5 Å². The van der Waals surface area contributed by atoms with E-state index >= 15 is 0 Å². The van der Waals surface area contributed by atoms with Gasteiger partial charge in [-0.25, -0.2) is 4.98 Å². The van der Waals surface area contributed by atoms with E-state index in [1.807, 2.05) is 18.2 Å². The Hall–Kier alpha value is -1.68. The fraction of sp³-hybridized carbons (Fsp3) is 0.308. The van der Waals surface area contributed by atoms with Gasteiger partial charge in [0.25, 0.3) is 0 Å². The Kier molecular flexibility index (Phi) is 3.11. The number of aromatic nitrogens is 2. The molecule has 0 amide bonds. The van der Waals surface area contributed by atoms with Crippen LogP contribution in [0.4, 0.5) is 0 Å². The predicted octanol–water partition coefficient (Wildman–Crippen LogP) is 2.98. The Balaban J connectivity index is 1.95. The highest BCUT2D eigenvalue weighted by Crippen LogP contribution is 2.33. The first-order chi connectivity index (χ1) is 8.86. The minimum atomic E-state index is 0.380. The van der Waals surface area contributed by atoms with E-state index in [9.17, 15) is 0 Å². The normalized spacial score (nSPS) is 14.3. The van der Waals surface area contributed by atoms with Gasteiger partial charge >= 0.3 is 0 Å². The van der Waals surface area contributed by atoms with Crippen LogP contribution in [0.1, 0.15) is 12.2 Å². The summed E-state index contributed by atoms with van der Waals surface area (Å²) in [6, 6.07) is 5.88. The lowest BCUT2D eigenvalue weighted by molar-refractivity contribution is 0.297. The second-order valence-electron chi connectivity index (χ2n) is 4.09. The van der Waals surface area contributed by atoms with Gasteiger partial charge < -0.3 is 14.5 Å². The first-order valence-corrected chi connectivity index (χ1v) is 6.40. The van der Waals surface area contributed by atoms with Crippen LogP contribution >= 0.6 is 11.6 Å². The number of ether oxygens (including phenoxy) is 2. The standard InChI is InChI=1S/C13H13ClN2O2/c14-7-13-15-8-10(16-13)9-2-3-11-12(6-9)18-5-1-4-17-11/h2-3,6,8H,1,4-5,7H2,(H,15,16). The number of hydrogen-bond donors (Lipinski definition) is 1. The van der Waals surface area contributed by atoms with Gasteiger partial charge in [0, 0.05) is 12.0 Å². The van der Waals surface area contributed by atoms with E-state index in [1.54, 1.807) is 6.20 Å². The van der Waals surface area contributed by atoms with Crippen molar-refractivity contribution in [2.45, 2.75) is 12.3 Å². The summed E-state index contributed by atoms with van der Waals surface area (Å²) in [5.74, 6) is 2.73. The van der Waals surface area contributed by atoms with Crippen LogP contribution in [0.15, 0.2) is 24.4 Å². The number of nitrogens with one attached hydrogen (secondary N) is 1. The quantitative estimate of drug-likeness (QED) is 0.849. The molecule has 0 unspecified atom stereocenters.